The summed E-state index contributed by atoms with van der Waals surface area (Å²) in [6.45, 7) is 14.6. The Morgan fingerprint density at radius 1 is 0.397 bits per heavy atom. The minimum absolute atomic E-state index is 0.211. The molecule has 0 amide bonds. The van der Waals surface area contributed by atoms with Gasteiger partial charge in [-0.3, -0.25) is 0 Å². The van der Waals surface area contributed by atoms with E-state index in [1.165, 1.54) is 123 Å². The second kappa shape index (κ2) is 48.9. The summed E-state index contributed by atoms with van der Waals surface area (Å²) in [6.07, 6.45) is 23.3. The van der Waals surface area contributed by atoms with Gasteiger partial charge < -0.3 is 59.4 Å². The summed E-state index contributed by atoms with van der Waals surface area (Å²) in [6, 6.07) is 0. The third-order valence-corrected chi connectivity index (χ3v) is 9.82. The quantitative estimate of drug-likeness (QED) is 0.0760. The molecule has 0 N–H and O–H groups in total. The van der Waals surface area contributed by atoms with E-state index in [2.05, 4.69) is 27.7 Å². The molecule has 0 aliphatic rings. The molecule has 0 bridgehead atoms. The Labute approximate surface area is 375 Å². The van der Waals surface area contributed by atoms with Crippen molar-refractivity contribution in [3.8, 4) is 0 Å². The molecule has 0 spiro atoms. The van der Waals surface area contributed by atoms with Gasteiger partial charge in [-0.05, 0) is 73.5 Å². The molecule has 328 valence electrons. The van der Waals surface area contributed by atoms with Crippen LogP contribution in [0.5, 0.6) is 0 Å². The number of unbranched alkanes of at least 4 members (excludes halogenated alkanes) is 7. The molecule has 0 radical (unpaired) electrons. The number of carbonyl (C=O) groups is 6. The first-order valence-electron chi connectivity index (χ1n) is 20.5. The van der Waals surface area contributed by atoms with Crippen LogP contribution in [0.25, 0.3) is 0 Å². The molecule has 0 rings (SSSR count). The maximum atomic E-state index is 10.3. The Kier molecular flexibility index (Phi) is 54.6. The monoisotopic (exact) mass is 1040 g/mol. The minimum atomic E-state index is -1.50. The van der Waals surface area contributed by atoms with Gasteiger partial charge in [-0.25, -0.2) is 0 Å². The predicted molar refractivity (Wildman–Crippen MR) is 212 cm³/mol. The van der Waals surface area contributed by atoms with E-state index in [9.17, 15) is 59.4 Å². The van der Waals surface area contributed by atoms with Crippen LogP contribution < -0.4 is 30.6 Å². The summed E-state index contributed by atoms with van der Waals surface area (Å²) < 4.78 is 10.9. The van der Waals surface area contributed by atoms with E-state index in [4.69, 9.17) is 6.15 Å². The van der Waals surface area contributed by atoms with Gasteiger partial charge in [0.2, 0.25) is 0 Å². The van der Waals surface area contributed by atoms with Crippen molar-refractivity contribution in [1.82, 2.24) is 0 Å². The molecule has 0 saturated carbocycles. The van der Waals surface area contributed by atoms with Crippen molar-refractivity contribution >= 4 is 81.7 Å². The molecule has 0 aliphatic carbocycles. The van der Waals surface area contributed by atoms with Crippen LogP contribution in [0.15, 0.2) is 34.9 Å². The average Bonchev–Trinajstić information content (AvgIpc) is 3.17. The number of aliphatic carboxylic acids is 6. The normalized spacial score (nSPS) is 11.2. The molecule has 0 heterocycles. The fraction of sp³-hybridized carbons (Fsp3) is 0.714. The third-order valence-electron chi connectivity index (χ3n) is 7.91. The summed E-state index contributed by atoms with van der Waals surface area (Å²) in [5.41, 5.74) is -0.634. The van der Waals surface area contributed by atoms with E-state index in [0.29, 0.717) is 49.7 Å². The van der Waals surface area contributed by atoms with Crippen molar-refractivity contribution in [3.63, 3.8) is 0 Å². The zero-order valence-corrected chi connectivity index (χ0v) is 41.7. The zero-order valence-electron chi connectivity index (χ0n) is 36.0. The Morgan fingerprint density at radius 2 is 0.586 bits per heavy atom. The van der Waals surface area contributed by atoms with E-state index >= 15 is 0 Å². The second-order valence-electron chi connectivity index (χ2n) is 13.2. The summed E-state index contributed by atoms with van der Waals surface area (Å²) >= 11 is 2.46. The zero-order chi connectivity index (χ0) is 45.7. The van der Waals surface area contributed by atoms with Crippen LogP contribution in [0.1, 0.15) is 183 Å². The molecule has 0 aliphatic heterocycles. The van der Waals surface area contributed by atoms with Crippen LogP contribution in [-0.2, 0) is 34.9 Å². The fourth-order valence-electron chi connectivity index (χ4n) is 4.48. The van der Waals surface area contributed by atoms with Gasteiger partial charge in [0.1, 0.15) is 0 Å². The van der Waals surface area contributed by atoms with Crippen LogP contribution in [0, 0.1) is 0 Å². The van der Waals surface area contributed by atoms with Crippen molar-refractivity contribution < 1.29 is 65.6 Å². The van der Waals surface area contributed by atoms with E-state index in [0.717, 1.165) is 19.3 Å². The van der Waals surface area contributed by atoms with Crippen molar-refractivity contribution in [2.75, 3.05) is 0 Å². The molecule has 0 fully saturated rings. The first kappa shape index (κ1) is 64.7. The van der Waals surface area contributed by atoms with E-state index in [1.54, 1.807) is 0 Å². The van der Waals surface area contributed by atoms with Crippen LogP contribution in [0.2, 0.25) is 0 Å². The molecule has 16 heteroatoms. The third kappa shape index (κ3) is 51.6. The molecule has 0 aromatic carbocycles. The molecular formula is C42H68O14Sn2. The molecule has 0 aromatic rings. The first-order chi connectivity index (χ1) is 27.4. The molecule has 0 aromatic heterocycles. The van der Waals surface area contributed by atoms with Gasteiger partial charge in [-0.2, -0.15) is 0 Å². The van der Waals surface area contributed by atoms with Crippen molar-refractivity contribution in [2.24, 2.45) is 0 Å². The summed E-state index contributed by atoms with van der Waals surface area (Å²) in [4.78, 5) is 60.8. The van der Waals surface area contributed by atoms with Crippen LogP contribution in [0.3, 0.4) is 0 Å². The number of carboxylic acids is 6. The summed E-state index contributed by atoms with van der Waals surface area (Å²) in [5.74, 6) is -8.80. The summed E-state index contributed by atoms with van der Waals surface area (Å²) in [5, 5.41) is 60.8. The molecule has 0 unspecified atom stereocenters. The second-order valence-corrected chi connectivity index (χ2v) is 14.5. The van der Waals surface area contributed by atoms with Gasteiger partial charge >= 0.3 is 169 Å². The Hall–Kier alpha value is -2.44. The molecular weight excluding hydrogens is 966 g/mol. The first-order valence-corrected chi connectivity index (χ1v) is 22.8. The van der Waals surface area contributed by atoms with Crippen LogP contribution in [0.4, 0.5) is 0 Å². The van der Waals surface area contributed by atoms with Gasteiger partial charge in [0.25, 0.3) is 0 Å². The number of carbonyl (C=O) groups excluding carboxylic acids is 6. The molecule has 0 saturated heterocycles. The fourth-order valence-corrected chi connectivity index (χ4v) is 5.82. The maximum absolute atomic E-state index is 10.3. The van der Waals surface area contributed by atoms with Crippen molar-refractivity contribution in [2.45, 2.75) is 196 Å². The van der Waals surface area contributed by atoms with Crippen LogP contribution >= 0.6 is 0 Å². The number of hydrogen-bond acceptors (Lipinski definition) is 14. The topological polar surface area (TPSA) is 259 Å². The number of carboxylic acid groups (broad SMARTS) is 6. The molecule has 58 heavy (non-hydrogen) atoms. The number of rotatable bonds is 29. The Balaban J connectivity index is -0.000000202. The Bertz CT molecular complexity index is 1020. The standard InChI is InChI=1S/2C9H19O.3C8H12O4.2Sn/c2*1-3-5-7-9(10)8-6-4-2;3*1-2-3-4-6(8(11)12)5-7(9)10;;/h2*9H,3-8H2,1-2H3;3*5H,2-4H2,1H3,(H,9,10)(H,11,12);;/q2*-1;;;;2*+4/p-6/b;;3*6-5-;;. The predicted octanol–water partition coefficient (Wildman–Crippen LogP) is 1.48. The summed E-state index contributed by atoms with van der Waals surface area (Å²) in [7, 11) is 0. The SMILES string of the molecule is CCCC/C(=C/C(=O)[O-])C(=O)[O-].CCCC/C(=C/C(=O)[O-])C(=O)[O-].CCCC/C(=C/C(=O)[O-])C(=O)[O-].CCCCC(CCCC)[O][Sn+3].CCCCC(CCCC)[O][Sn+3]. The van der Waals surface area contributed by atoms with E-state index in [-0.39, 0.29) is 36.0 Å². The van der Waals surface area contributed by atoms with E-state index < -0.39 is 35.8 Å². The van der Waals surface area contributed by atoms with Crippen LogP contribution in [-0.4, -0.2) is 93.9 Å². The van der Waals surface area contributed by atoms with Crippen molar-refractivity contribution in [3.05, 3.63) is 34.9 Å². The van der Waals surface area contributed by atoms with E-state index in [1.807, 2.05) is 20.8 Å². The van der Waals surface area contributed by atoms with Crippen molar-refractivity contribution in [1.29, 1.82) is 0 Å². The average molecular weight is 1030 g/mol. The molecule has 14 nitrogen and oxygen atoms in total. The van der Waals surface area contributed by atoms with Gasteiger partial charge in [0.15, 0.2) is 0 Å². The van der Waals surface area contributed by atoms with Gasteiger partial charge in [0.05, 0.1) is 35.8 Å². The Morgan fingerprint density at radius 3 is 0.707 bits per heavy atom. The van der Waals surface area contributed by atoms with Gasteiger partial charge in [-0.15, -0.1) is 0 Å². The van der Waals surface area contributed by atoms with Gasteiger partial charge in [-0.1, -0.05) is 40.0 Å². The molecule has 0 atom stereocenters. The van der Waals surface area contributed by atoms with Gasteiger partial charge in [0, 0.05) is 0 Å². The number of hydrogen-bond donors (Lipinski definition) is 0.